The van der Waals surface area contributed by atoms with Gasteiger partial charge in [0.2, 0.25) is 0 Å². The summed E-state index contributed by atoms with van der Waals surface area (Å²) < 4.78 is 13.1. The molecular formula is C22H18N4O4. The van der Waals surface area contributed by atoms with E-state index in [1.54, 1.807) is 24.7 Å². The number of rotatable bonds is 5. The third-order valence-corrected chi connectivity index (χ3v) is 4.60. The number of ether oxygens (including phenoxy) is 2. The summed E-state index contributed by atoms with van der Waals surface area (Å²) in [4.78, 5) is 29.3. The molecule has 30 heavy (non-hydrogen) atoms. The maximum Gasteiger partial charge on any atom is 0.357 e. The minimum absolute atomic E-state index is 0.00392. The van der Waals surface area contributed by atoms with Gasteiger partial charge in [0.25, 0.3) is 0 Å². The predicted octanol–water partition coefficient (Wildman–Crippen LogP) is 3.30. The molecule has 0 aliphatic rings. The second kappa shape index (κ2) is 8.04. The Balaban J connectivity index is 1.92. The van der Waals surface area contributed by atoms with Crippen molar-refractivity contribution < 1.29 is 19.1 Å². The Morgan fingerprint density at radius 1 is 0.867 bits per heavy atom. The van der Waals surface area contributed by atoms with Gasteiger partial charge in [-0.25, -0.2) is 19.3 Å². The van der Waals surface area contributed by atoms with Gasteiger partial charge in [0.1, 0.15) is 11.3 Å². The van der Waals surface area contributed by atoms with Gasteiger partial charge in [0.05, 0.1) is 26.2 Å². The summed E-state index contributed by atoms with van der Waals surface area (Å²) in [5, 5.41) is 4.58. The van der Waals surface area contributed by atoms with Crippen LogP contribution in [-0.2, 0) is 9.47 Å². The smallest absolute Gasteiger partial charge is 0.357 e. The van der Waals surface area contributed by atoms with Gasteiger partial charge < -0.3 is 14.0 Å². The van der Waals surface area contributed by atoms with E-state index in [-0.39, 0.29) is 11.3 Å². The van der Waals surface area contributed by atoms with Crippen molar-refractivity contribution >= 4 is 11.9 Å². The van der Waals surface area contributed by atoms with Gasteiger partial charge >= 0.3 is 11.9 Å². The van der Waals surface area contributed by atoms with Crippen LogP contribution >= 0.6 is 0 Å². The highest BCUT2D eigenvalue weighted by atomic mass is 16.5. The first-order chi connectivity index (χ1) is 14.6. The molecule has 2 heterocycles. The number of para-hydroxylation sites is 1. The first-order valence-electron chi connectivity index (χ1n) is 9.08. The zero-order valence-electron chi connectivity index (χ0n) is 16.4. The van der Waals surface area contributed by atoms with Crippen molar-refractivity contribution in [3.8, 4) is 22.6 Å². The largest absolute Gasteiger partial charge is 0.465 e. The highest BCUT2D eigenvalue weighted by Gasteiger charge is 2.31. The average molecular weight is 402 g/mol. The van der Waals surface area contributed by atoms with Crippen LogP contribution in [0.2, 0.25) is 0 Å². The number of nitrogens with zero attached hydrogens (tertiary/aromatic N) is 4. The minimum Gasteiger partial charge on any atom is -0.465 e. The fourth-order valence-electron chi connectivity index (χ4n) is 3.16. The first-order valence-corrected chi connectivity index (χ1v) is 9.08. The zero-order valence-corrected chi connectivity index (χ0v) is 16.4. The van der Waals surface area contributed by atoms with Gasteiger partial charge in [-0.05, 0) is 24.3 Å². The summed E-state index contributed by atoms with van der Waals surface area (Å²) in [5.41, 5.74) is 2.53. The Kier molecular flexibility index (Phi) is 5.13. The van der Waals surface area contributed by atoms with Gasteiger partial charge in [-0.15, -0.1) is 0 Å². The van der Waals surface area contributed by atoms with Crippen LogP contribution in [-0.4, -0.2) is 45.5 Å². The van der Waals surface area contributed by atoms with Crippen LogP contribution < -0.4 is 0 Å². The summed E-state index contributed by atoms with van der Waals surface area (Å²) in [6.45, 7) is 0. The van der Waals surface area contributed by atoms with Crippen LogP contribution in [0.3, 0.4) is 0 Å². The minimum atomic E-state index is -0.687. The molecule has 150 valence electrons. The molecule has 0 fully saturated rings. The lowest BCUT2D eigenvalue weighted by Gasteiger charge is -2.07. The Labute approximate surface area is 172 Å². The quantitative estimate of drug-likeness (QED) is 0.476. The number of hydrogen-bond acceptors (Lipinski definition) is 6. The monoisotopic (exact) mass is 402 g/mol. The van der Waals surface area contributed by atoms with Crippen molar-refractivity contribution in [2.45, 2.75) is 0 Å². The van der Waals surface area contributed by atoms with Crippen molar-refractivity contribution in [2.75, 3.05) is 14.2 Å². The summed E-state index contributed by atoms with van der Waals surface area (Å²) >= 11 is 0. The van der Waals surface area contributed by atoms with Gasteiger partial charge in [0.15, 0.2) is 5.69 Å². The van der Waals surface area contributed by atoms with Crippen LogP contribution in [0.25, 0.3) is 22.6 Å². The molecule has 0 atom stereocenters. The first kappa shape index (κ1) is 19.1. The molecular weight excluding hydrogens is 384 g/mol. The molecule has 0 amide bonds. The number of carbonyl (C=O) groups is 2. The molecule has 4 rings (SSSR count). The summed E-state index contributed by atoms with van der Waals surface area (Å²) in [7, 11) is 2.51. The lowest BCUT2D eigenvalue weighted by molar-refractivity contribution is 0.0549. The van der Waals surface area contributed by atoms with E-state index in [0.717, 1.165) is 5.69 Å². The van der Waals surface area contributed by atoms with Crippen molar-refractivity contribution in [3.63, 3.8) is 0 Å². The van der Waals surface area contributed by atoms with Crippen LogP contribution in [0.15, 0.2) is 73.3 Å². The molecule has 2 aromatic carbocycles. The molecule has 8 heteroatoms. The highest BCUT2D eigenvalue weighted by molar-refractivity contribution is 6.06. The Hall–Kier alpha value is -4.20. The number of esters is 2. The topological polar surface area (TPSA) is 88.2 Å². The molecule has 0 unspecified atom stereocenters. The lowest BCUT2D eigenvalue weighted by Crippen LogP contribution is -2.15. The van der Waals surface area contributed by atoms with Crippen LogP contribution in [0, 0.1) is 0 Å². The van der Waals surface area contributed by atoms with E-state index in [2.05, 4.69) is 10.1 Å². The van der Waals surface area contributed by atoms with Gasteiger partial charge in [-0.1, -0.05) is 30.3 Å². The molecule has 0 aliphatic carbocycles. The molecule has 2 aromatic heterocycles. The zero-order chi connectivity index (χ0) is 21.1. The van der Waals surface area contributed by atoms with E-state index in [0.29, 0.717) is 16.9 Å². The van der Waals surface area contributed by atoms with Crippen LogP contribution in [0.1, 0.15) is 20.8 Å². The fraction of sp³-hybridized carbons (Fsp3) is 0.0909. The Morgan fingerprint density at radius 2 is 1.57 bits per heavy atom. The molecule has 4 aromatic rings. The third kappa shape index (κ3) is 3.35. The number of imidazole rings is 1. The Morgan fingerprint density at radius 3 is 2.17 bits per heavy atom. The number of methoxy groups -OCH3 is 2. The van der Waals surface area contributed by atoms with Gasteiger partial charge in [-0.2, -0.15) is 5.10 Å². The third-order valence-electron chi connectivity index (χ3n) is 4.60. The molecule has 0 spiro atoms. The van der Waals surface area contributed by atoms with E-state index in [4.69, 9.17) is 9.47 Å². The summed E-state index contributed by atoms with van der Waals surface area (Å²) in [5.74, 6) is -1.36. The van der Waals surface area contributed by atoms with Gasteiger partial charge in [-0.3, -0.25) is 0 Å². The normalized spacial score (nSPS) is 10.6. The Bertz CT molecular complexity index is 1180. The molecule has 0 saturated carbocycles. The van der Waals surface area contributed by atoms with E-state index >= 15 is 0 Å². The van der Waals surface area contributed by atoms with E-state index in [1.165, 1.54) is 18.9 Å². The number of aromatic nitrogens is 4. The molecule has 0 aliphatic heterocycles. The molecule has 0 saturated heterocycles. The van der Waals surface area contributed by atoms with E-state index in [9.17, 15) is 9.59 Å². The van der Waals surface area contributed by atoms with Gasteiger partial charge in [0, 0.05) is 23.6 Å². The van der Waals surface area contributed by atoms with Crippen molar-refractivity contribution in [2.24, 2.45) is 0 Å². The average Bonchev–Trinajstić information content (AvgIpc) is 3.47. The van der Waals surface area contributed by atoms with E-state index in [1.807, 2.05) is 53.2 Å². The molecule has 8 nitrogen and oxygen atoms in total. The summed E-state index contributed by atoms with van der Waals surface area (Å²) in [6, 6.07) is 16.4. The number of benzene rings is 2. The number of carbonyl (C=O) groups excluding carboxylic acids is 2. The second-order valence-electron chi connectivity index (χ2n) is 6.32. The van der Waals surface area contributed by atoms with Crippen molar-refractivity contribution in [1.29, 1.82) is 0 Å². The number of hydrogen-bond donors (Lipinski definition) is 0. The fourth-order valence-corrected chi connectivity index (χ4v) is 3.16. The molecule has 0 radical (unpaired) electrons. The maximum atomic E-state index is 12.7. The SMILES string of the molecule is COC(=O)c1c(-c2ccc(-n3ccnc3)cc2)nn(-c2ccccc2)c1C(=O)OC. The highest BCUT2D eigenvalue weighted by Crippen LogP contribution is 2.29. The standard InChI is InChI=1S/C22H18N4O4/c1-29-21(27)18-19(15-8-10-16(11-9-15)25-13-12-23-14-25)24-26(20(18)22(28)30-2)17-6-4-3-5-7-17/h3-14H,1-2H3. The van der Waals surface area contributed by atoms with Crippen molar-refractivity contribution in [3.05, 3.63) is 84.6 Å². The lowest BCUT2D eigenvalue weighted by atomic mass is 10.1. The van der Waals surface area contributed by atoms with E-state index < -0.39 is 11.9 Å². The summed E-state index contributed by atoms with van der Waals surface area (Å²) in [6.07, 6.45) is 5.20. The second-order valence-corrected chi connectivity index (χ2v) is 6.32. The maximum absolute atomic E-state index is 12.7. The van der Waals surface area contributed by atoms with Crippen LogP contribution in [0.4, 0.5) is 0 Å². The molecule has 0 N–H and O–H groups in total. The molecule has 0 bridgehead atoms. The van der Waals surface area contributed by atoms with Crippen LogP contribution in [0.5, 0.6) is 0 Å². The predicted molar refractivity (Wildman–Crippen MR) is 109 cm³/mol. The van der Waals surface area contributed by atoms with Crippen molar-refractivity contribution in [1.82, 2.24) is 19.3 Å².